The van der Waals surface area contributed by atoms with Gasteiger partial charge in [0.1, 0.15) is 5.76 Å². The predicted octanol–water partition coefficient (Wildman–Crippen LogP) is 5.57. The number of aromatic nitrogens is 4. The third-order valence-electron chi connectivity index (χ3n) is 7.08. The van der Waals surface area contributed by atoms with Gasteiger partial charge in [-0.05, 0) is 49.9 Å². The fourth-order valence-electron chi connectivity index (χ4n) is 5.43. The van der Waals surface area contributed by atoms with Gasteiger partial charge in [-0.15, -0.1) is 10.2 Å². The smallest absolute Gasteiger partial charge is 0.233 e. The fraction of sp³-hybridized carbons (Fsp3) is 0.538. The Balaban J connectivity index is 1.35. The zero-order chi connectivity index (χ0) is 23.2. The summed E-state index contributed by atoms with van der Waals surface area (Å²) in [5.74, 6) is 2.19. The lowest BCUT2D eigenvalue weighted by atomic mass is 9.88. The number of thioether (sulfide) groups is 1. The summed E-state index contributed by atoms with van der Waals surface area (Å²) in [6.45, 7) is 0.510. The van der Waals surface area contributed by atoms with Crippen LogP contribution in [0.25, 0.3) is 11.4 Å². The van der Waals surface area contributed by atoms with Crippen molar-refractivity contribution in [2.75, 3.05) is 5.75 Å². The average Bonchev–Trinajstić information content (AvgIpc) is 3.55. The molecule has 2 aliphatic carbocycles. The maximum atomic E-state index is 13.6. The standard InChI is InChI=1S/C26H33N5O2S/c32-24(31(21-10-3-1-4-11-21)22-12-5-2-6-13-22)19-34-26-29-28-25(20-9-7-15-27-17-20)30(26)18-23-14-8-16-33-23/h7-9,14-17,21-22H,1-6,10-13,18-19H2. The molecule has 0 radical (unpaired) electrons. The van der Waals surface area contributed by atoms with Crippen LogP contribution in [-0.4, -0.2) is 48.4 Å². The molecule has 3 heterocycles. The molecule has 2 aliphatic rings. The molecule has 5 rings (SSSR count). The summed E-state index contributed by atoms with van der Waals surface area (Å²) < 4.78 is 7.63. The second-order valence-corrected chi connectivity index (χ2v) is 10.3. The number of furan rings is 1. The summed E-state index contributed by atoms with van der Waals surface area (Å²) in [7, 11) is 0. The number of nitrogens with zero attached hydrogens (tertiary/aromatic N) is 5. The van der Waals surface area contributed by atoms with Gasteiger partial charge in [0.25, 0.3) is 0 Å². The molecule has 0 aliphatic heterocycles. The van der Waals surface area contributed by atoms with Gasteiger partial charge in [-0.3, -0.25) is 14.3 Å². The predicted molar refractivity (Wildman–Crippen MR) is 132 cm³/mol. The molecular weight excluding hydrogens is 446 g/mol. The van der Waals surface area contributed by atoms with Gasteiger partial charge in [0.15, 0.2) is 11.0 Å². The van der Waals surface area contributed by atoms with Crippen molar-refractivity contribution in [2.45, 2.75) is 88.0 Å². The Morgan fingerprint density at radius 2 is 1.74 bits per heavy atom. The zero-order valence-corrected chi connectivity index (χ0v) is 20.5. The molecule has 3 aromatic heterocycles. The van der Waals surface area contributed by atoms with Crippen molar-refractivity contribution in [3.8, 4) is 11.4 Å². The van der Waals surface area contributed by atoms with E-state index in [0.717, 1.165) is 48.0 Å². The van der Waals surface area contributed by atoms with Crippen molar-refractivity contribution < 1.29 is 9.21 Å². The third-order valence-corrected chi connectivity index (χ3v) is 8.03. The van der Waals surface area contributed by atoms with Gasteiger partial charge in [-0.1, -0.05) is 50.3 Å². The topological polar surface area (TPSA) is 77.0 Å². The molecule has 2 fully saturated rings. The highest BCUT2D eigenvalue weighted by molar-refractivity contribution is 7.99. The number of pyridine rings is 1. The fourth-order valence-corrected chi connectivity index (χ4v) is 6.24. The monoisotopic (exact) mass is 479 g/mol. The van der Waals surface area contributed by atoms with E-state index in [4.69, 9.17) is 4.42 Å². The maximum Gasteiger partial charge on any atom is 0.233 e. The Hall–Kier alpha value is -2.61. The molecule has 3 aromatic rings. The molecule has 0 bridgehead atoms. The van der Waals surface area contributed by atoms with E-state index >= 15 is 0 Å². The molecule has 1 amide bonds. The van der Waals surface area contributed by atoms with E-state index in [1.54, 1.807) is 18.7 Å². The summed E-state index contributed by atoms with van der Waals surface area (Å²) in [6.07, 6.45) is 17.3. The van der Waals surface area contributed by atoms with Gasteiger partial charge >= 0.3 is 0 Å². The lowest BCUT2D eigenvalue weighted by Crippen LogP contribution is -2.49. The van der Waals surface area contributed by atoms with Gasteiger partial charge < -0.3 is 9.32 Å². The van der Waals surface area contributed by atoms with Crippen LogP contribution in [0.2, 0.25) is 0 Å². The van der Waals surface area contributed by atoms with E-state index in [-0.39, 0.29) is 5.91 Å². The van der Waals surface area contributed by atoms with Crippen molar-refractivity contribution in [2.24, 2.45) is 0 Å². The number of carbonyl (C=O) groups is 1. The van der Waals surface area contributed by atoms with Gasteiger partial charge in [-0.25, -0.2) is 0 Å². The Labute approximate surface area is 205 Å². The molecule has 2 saturated carbocycles. The second kappa shape index (κ2) is 11.2. The van der Waals surface area contributed by atoms with E-state index in [1.165, 1.54) is 50.3 Å². The van der Waals surface area contributed by atoms with Crippen LogP contribution >= 0.6 is 11.8 Å². The molecule has 34 heavy (non-hydrogen) atoms. The quantitative estimate of drug-likeness (QED) is 0.393. The minimum atomic E-state index is 0.249. The Morgan fingerprint density at radius 1 is 1.00 bits per heavy atom. The summed E-state index contributed by atoms with van der Waals surface area (Å²) in [5, 5.41) is 9.65. The molecule has 0 saturated heterocycles. The number of rotatable bonds is 8. The number of hydrogen-bond acceptors (Lipinski definition) is 6. The van der Waals surface area contributed by atoms with Crippen LogP contribution < -0.4 is 0 Å². The molecule has 0 spiro atoms. The van der Waals surface area contributed by atoms with Crippen LogP contribution in [-0.2, 0) is 11.3 Å². The average molecular weight is 480 g/mol. The molecule has 8 heteroatoms. The number of carbonyl (C=O) groups excluding carboxylic acids is 1. The molecule has 180 valence electrons. The Morgan fingerprint density at radius 3 is 2.35 bits per heavy atom. The van der Waals surface area contributed by atoms with Crippen molar-refractivity contribution in [3.05, 3.63) is 48.7 Å². The largest absolute Gasteiger partial charge is 0.467 e. The van der Waals surface area contributed by atoms with Crippen molar-refractivity contribution >= 4 is 17.7 Å². The molecular formula is C26H33N5O2S. The summed E-state index contributed by atoms with van der Waals surface area (Å²) >= 11 is 1.48. The minimum absolute atomic E-state index is 0.249. The second-order valence-electron chi connectivity index (χ2n) is 9.39. The Kier molecular flexibility index (Phi) is 7.63. The van der Waals surface area contributed by atoms with Gasteiger partial charge in [-0.2, -0.15) is 0 Å². The summed E-state index contributed by atoms with van der Waals surface area (Å²) in [5.41, 5.74) is 0.894. The van der Waals surface area contributed by atoms with Gasteiger partial charge in [0, 0.05) is 30.0 Å². The van der Waals surface area contributed by atoms with Crippen LogP contribution in [0, 0.1) is 0 Å². The first-order chi connectivity index (χ1) is 16.8. The van der Waals surface area contributed by atoms with Crippen molar-refractivity contribution in [3.63, 3.8) is 0 Å². The first-order valence-corrected chi connectivity index (χ1v) is 13.6. The lowest BCUT2D eigenvalue weighted by molar-refractivity contribution is -0.135. The normalized spacial score (nSPS) is 17.6. The first kappa shape index (κ1) is 23.1. The van der Waals surface area contributed by atoms with Crippen molar-refractivity contribution in [1.82, 2.24) is 24.6 Å². The maximum absolute atomic E-state index is 13.6. The van der Waals surface area contributed by atoms with Gasteiger partial charge in [0.2, 0.25) is 5.91 Å². The van der Waals surface area contributed by atoms with Crippen LogP contribution in [0.15, 0.2) is 52.5 Å². The minimum Gasteiger partial charge on any atom is -0.467 e. The van der Waals surface area contributed by atoms with E-state index in [9.17, 15) is 4.79 Å². The molecule has 0 N–H and O–H groups in total. The van der Waals surface area contributed by atoms with E-state index in [1.807, 2.05) is 28.8 Å². The third kappa shape index (κ3) is 5.37. The van der Waals surface area contributed by atoms with E-state index < -0.39 is 0 Å². The first-order valence-electron chi connectivity index (χ1n) is 12.6. The van der Waals surface area contributed by atoms with E-state index in [2.05, 4.69) is 20.1 Å². The number of amides is 1. The highest BCUT2D eigenvalue weighted by atomic mass is 32.2. The molecule has 0 atom stereocenters. The molecule has 0 aromatic carbocycles. The zero-order valence-electron chi connectivity index (χ0n) is 19.6. The highest BCUT2D eigenvalue weighted by Gasteiger charge is 2.32. The number of hydrogen-bond donors (Lipinski definition) is 0. The molecule has 7 nitrogen and oxygen atoms in total. The SMILES string of the molecule is O=C(CSc1nnc(-c2cccnc2)n1Cc1ccco1)N(C1CCCCC1)C1CCCCC1. The highest BCUT2D eigenvalue weighted by Crippen LogP contribution is 2.32. The van der Waals surface area contributed by atoms with E-state index in [0.29, 0.717) is 24.4 Å². The van der Waals surface area contributed by atoms with Crippen molar-refractivity contribution in [1.29, 1.82) is 0 Å². The summed E-state index contributed by atoms with van der Waals surface area (Å²) in [4.78, 5) is 20.2. The van der Waals surface area contributed by atoms with Crippen LogP contribution in [0.3, 0.4) is 0 Å². The Bertz CT molecular complexity index is 1020. The van der Waals surface area contributed by atoms with Crippen LogP contribution in [0.5, 0.6) is 0 Å². The molecule has 0 unspecified atom stereocenters. The summed E-state index contributed by atoms with van der Waals surface area (Å²) in [6, 6.07) is 8.49. The van der Waals surface area contributed by atoms with Crippen LogP contribution in [0.1, 0.15) is 70.0 Å². The van der Waals surface area contributed by atoms with Gasteiger partial charge in [0.05, 0.1) is 18.6 Å². The van der Waals surface area contributed by atoms with Crippen LogP contribution in [0.4, 0.5) is 0 Å². The lowest BCUT2D eigenvalue weighted by Gasteiger charge is -2.41.